The molecule has 0 bridgehead atoms. The lowest BCUT2D eigenvalue weighted by molar-refractivity contribution is 0.116. The average molecular weight is 376 g/mol. The number of hydrogen-bond acceptors (Lipinski definition) is 2. The topological polar surface area (TPSA) is 38.1 Å². The Morgan fingerprint density at radius 2 is 1.89 bits per heavy atom. The molecule has 4 heteroatoms. The Hall–Kier alpha value is -2.72. The molecule has 0 saturated heterocycles. The lowest BCUT2D eigenvalue weighted by Crippen LogP contribution is -2.26. The molecule has 0 spiro atoms. The fraction of sp³-hybridized carbons (Fsp3) is 0.292. The van der Waals surface area contributed by atoms with Gasteiger partial charge in [-0.25, -0.2) is 9.07 Å². The first-order valence-electron chi connectivity index (χ1n) is 9.76. The van der Waals surface area contributed by atoms with E-state index >= 15 is 0 Å². The van der Waals surface area contributed by atoms with Crippen LogP contribution >= 0.6 is 0 Å². The molecular weight excluding hydrogens is 351 g/mol. The highest BCUT2D eigenvalue weighted by molar-refractivity contribution is 5.57. The number of aromatic nitrogens is 2. The number of rotatable bonds is 6. The molecule has 4 rings (SSSR count). The van der Waals surface area contributed by atoms with E-state index < -0.39 is 0 Å². The first-order valence-corrected chi connectivity index (χ1v) is 9.76. The van der Waals surface area contributed by atoms with E-state index in [2.05, 4.69) is 36.3 Å². The number of aryl methyl sites for hydroxylation is 1. The maximum atomic E-state index is 13.2. The average Bonchev–Trinajstić information content (AvgIpc) is 3.10. The lowest BCUT2D eigenvalue weighted by atomic mass is 9.75. The molecule has 144 valence electrons. The molecule has 2 aromatic carbocycles. The minimum atomic E-state index is -0.344. The first kappa shape index (κ1) is 18.6. The normalized spacial score (nSPS) is 19.4. The minimum Gasteiger partial charge on any atom is -0.393 e. The summed E-state index contributed by atoms with van der Waals surface area (Å²) in [5, 5.41) is 15.1. The van der Waals surface area contributed by atoms with E-state index in [0.29, 0.717) is 0 Å². The van der Waals surface area contributed by atoms with Gasteiger partial charge >= 0.3 is 0 Å². The molecule has 3 nitrogen and oxygen atoms in total. The third-order valence-corrected chi connectivity index (χ3v) is 5.51. The van der Waals surface area contributed by atoms with Gasteiger partial charge < -0.3 is 5.11 Å². The molecule has 0 amide bonds. The summed E-state index contributed by atoms with van der Waals surface area (Å²) in [5.74, 6) is -0.252. The highest BCUT2D eigenvalue weighted by Gasteiger charge is 2.30. The molecule has 2 unspecified atom stereocenters. The maximum absolute atomic E-state index is 13.2. The van der Waals surface area contributed by atoms with Gasteiger partial charge in [0.2, 0.25) is 0 Å². The van der Waals surface area contributed by atoms with E-state index in [1.807, 2.05) is 29.1 Å². The molecule has 0 aliphatic heterocycles. The SMILES string of the molecule is CC1(CC(O)CCc2ccccc2)C=Cc2c(cnn2-c2ccc(F)cc2)C1. The summed E-state index contributed by atoms with van der Waals surface area (Å²) in [6.07, 6.45) is 9.01. The summed E-state index contributed by atoms with van der Waals surface area (Å²) in [5.41, 5.74) is 4.19. The Morgan fingerprint density at radius 3 is 2.64 bits per heavy atom. The second-order valence-electron chi connectivity index (χ2n) is 7.99. The molecular formula is C24H25FN2O. The molecule has 28 heavy (non-hydrogen) atoms. The van der Waals surface area contributed by atoms with Crippen LogP contribution in [0.4, 0.5) is 4.39 Å². The number of halogens is 1. The van der Waals surface area contributed by atoms with Gasteiger partial charge in [-0.05, 0) is 72.6 Å². The summed E-state index contributed by atoms with van der Waals surface area (Å²) >= 11 is 0. The second-order valence-corrected chi connectivity index (χ2v) is 7.99. The van der Waals surface area contributed by atoms with Crippen molar-refractivity contribution < 1.29 is 9.50 Å². The predicted octanol–water partition coefficient (Wildman–Crippen LogP) is 4.97. The van der Waals surface area contributed by atoms with Crippen LogP contribution in [0.3, 0.4) is 0 Å². The number of fused-ring (bicyclic) bond motifs is 1. The van der Waals surface area contributed by atoms with Crippen molar-refractivity contribution in [2.45, 2.75) is 38.7 Å². The molecule has 2 atom stereocenters. The van der Waals surface area contributed by atoms with E-state index in [0.717, 1.165) is 42.6 Å². The second kappa shape index (κ2) is 7.72. The van der Waals surface area contributed by atoms with Crippen LogP contribution in [0.2, 0.25) is 0 Å². The van der Waals surface area contributed by atoms with Gasteiger partial charge in [0.15, 0.2) is 0 Å². The van der Waals surface area contributed by atoms with Crippen LogP contribution in [-0.4, -0.2) is 21.0 Å². The van der Waals surface area contributed by atoms with E-state index in [4.69, 9.17) is 0 Å². The predicted molar refractivity (Wildman–Crippen MR) is 110 cm³/mol. The van der Waals surface area contributed by atoms with Gasteiger partial charge in [-0.3, -0.25) is 0 Å². The van der Waals surface area contributed by atoms with Crippen LogP contribution in [0.5, 0.6) is 0 Å². The number of benzene rings is 2. The molecule has 3 aromatic rings. The van der Waals surface area contributed by atoms with Crippen molar-refractivity contribution in [3.05, 3.63) is 89.5 Å². The van der Waals surface area contributed by atoms with Gasteiger partial charge in [-0.1, -0.05) is 43.3 Å². The minimum absolute atomic E-state index is 0.0975. The fourth-order valence-corrected chi connectivity index (χ4v) is 4.03. The first-order chi connectivity index (χ1) is 13.5. The Bertz CT molecular complexity index is 962. The van der Waals surface area contributed by atoms with E-state index in [9.17, 15) is 9.50 Å². The van der Waals surface area contributed by atoms with E-state index in [1.54, 1.807) is 12.1 Å². The number of hydrogen-bond donors (Lipinski definition) is 1. The van der Waals surface area contributed by atoms with Crippen LogP contribution in [0.1, 0.15) is 36.6 Å². The number of allylic oxidation sites excluding steroid dienone is 1. The third-order valence-electron chi connectivity index (χ3n) is 5.51. The molecule has 0 fully saturated rings. The number of nitrogens with zero attached hydrogens (tertiary/aromatic N) is 2. The van der Waals surface area contributed by atoms with Crippen molar-refractivity contribution >= 4 is 6.08 Å². The molecule has 0 saturated carbocycles. The van der Waals surface area contributed by atoms with Crippen molar-refractivity contribution in [1.82, 2.24) is 9.78 Å². The van der Waals surface area contributed by atoms with Crippen molar-refractivity contribution in [2.75, 3.05) is 0 Å². The summed E-state index contributed by atoms with van der Waals surface area (Å²) in [7, 11) is 0. The van der Waals surface area contributed by atoms with Crippen LogP contribution in [0.15, 0.2) is 66.9 Å². The zero-order chi connectivity index (χ0) is 19.6. The summed E-state index contributed by atoms with van der Waals surface area (Å²) in [6, 6.07) is 16.6. The number of aliphatic hydroxyl groups is 1. The van der Waals surface area contributed by atoms with Gasteiger partial charge in [0.1, 0.15) is 5.82 Å². The lowest BCUT2D eigenvalue weighted by Gasteiger charge is -2.31. The van der Waals surface area contributed by atoms with Crippen LogP contribution < -0.4 is 0 Å². The van der Waals surface area contributed by atoms with Crippen LogP contribution in [0.25, 0.3) is 11.8 Å². The summed E-state index contributed by atoms with van der Waals surface area (Å²) in [4.78, 5) is 0. The highest BCUT2D eigenvalue weighted by atomic mass is 19.1. The Labute approximate surface area is 165 Å². The Morgan fingerprint density at radius 1 is 1.14 bits per heavy atom. The zero-order valence-corrected chi connectivity index (χ0v) is 16.1. The van der Waals surface area contributed by atoms with Crippen molar-refractivity contribution in [1.29, 1.82) is 0 Å². The van der Waals surface area contributed by atoms with E-state index in [1.165, 1.54) is 17.7 Å². The molecule has 1 aliphatic carbocycles. The van der Waals surface area contributed by atoms with Gasteiger partial charge in [0.05, 0.1) is 23.7 Å². The van der Waals surface area contributed by atoms with Crippen LogP contribution in [-0.2, 0) is 12.8 Å². The Balaban J connectivity index is 1.43. The largest absolute Gasteiger partial charge is 0.393 e. The fourth-order valence-electron chi connectivity index (χ4n) is 4.03. The van der Waals surface area contributed by atoms with Crippen molar-refractivity contribution in [3.63, 3.8) is 0 Å². The monoisotopic (exact) mass is 376 g/mol. The maximum Gasteiger partial charge on any atom is 0.123 e. The van der Waals surface area contributed by atoms with Gasteiger partial charge in [0, 0.05) is 0 Å². The number of aliphatic hydroxyl groups excluding tert-OH is 1. The van der Waals surface area contributed by atoms with Gasteiger partial charge in [-0.15, -0.1) is 0 Å². The van der Waals surface area contributed by atoms with Crippen molar-refractivity contribution in [2.24, 2.45) is 5.41 Å². The molecule has 0 radical (unpaired) electrons. The van der Waals surface area contributed by atoms with Gasteiger partial charge in [-0.2, -0.15) is 5.10 Å². The quantitative estimate of drug-likeness (QED) is 0.659. The third kappa shape index (κ3) is 4.07. The highest BCUT2D eigenvalue weighted by Crippen LogP contribution is 2.37. The zero-order valence-electron chi connectivity index (χ0n) is 16.1. The Kier molecular flexibility index (Phi) is 5.14. The van der Waals surface area contributed by atoms with Gasteiger partial charge in [0.25, 0.3) is 0 Å². The molecule has 1 N–H and O–H groups in total. The smallest absolute Gasteiger partial charge is 0.123 e. The molecule has 1 heterocycles. The van der Waals surface area contributed by atoms with E-state index in [-0.39, 0.29) is 17.3 Å². The standard InChI is InChI=1S/C24H25FN2O/c1-24(16-22(28)12-7-18-5-3-2-4-6-18)14-13-23-19(15-24)17-26-27(23)21-10-8-20(25)9-11-21/h2-6,8-11,13-14,17,22,28H,7,12,15-16H2,1H3. The van der Waals surface area contributed by atoms with Crippen LogP contribution in [0, 0.1) is 11.2 Å². The van der Waals surface area contributed by atoms with Crippen molar-refractivity contribution in [3.8, 4) is 5.69 Å². The summed E-state index contributed by atoms with van der Waals surface area (Å²) in [6.45, 7) is 2.19. The summed E-state index contributed by atoms with van der Waals surface area (Å²) < 4.78 is 15.0. The molecule has 1 aliphatic rings. The molecule has 1 aromatic heterocycles.